The fourth-order valence-electron chi connectivity index (χ4n) is 1.47. The van der Waals surface area contributed by atoms with Gasteiger partial charge in [0.15, 0.2) is 0 Å². The standard InChI is InChI=1S/C12H11Cl2NOS/c1-16-9-5-12(17-7-9)10(13)4-8-2-3-15-6-11(8)14/h2-3,5-7,10H,4H2,1H3. The number of hydrogen-bond donors (Lipinski definition) is 0. The van der Waals surface area contributed by atoms with E-state index in [2.05, 4.69) is 4.98 Å². The van der Waals surface area contributed by atoms with Crippen molar-refractivity contribution >= 4 is 34.5 Å². The molecule has 0 fully saturated rings. The molecule has 17 heavy (non-hydrogen) atoms. The molecule has 1 unspecified atom stereocenters. The van der Waals surface area contributed by atoms with Crippen molar-refractivity contribution in [2.45, 2.75) is 11.8 Å². The third-order valence-corrected chi connectivity index (χ3v) is 4.28. The van der Waals surface area contributed by atoms with Crippen LogP contribution in [-0.2, 0) is 6.42 Å². The average molecular weight is 288 g/mol. The van der Waals surface area contributed by atoms with Gasteiger partial charge in [-0.25, -0.2) is 0 Å². The first-order valence-electron chi connectivity index (χ1n) is 5.05. The van der Waals surface area contributed by atoms with Gasteiger partial charge in [0, 0.05) is 22.7 Å². The second-order valence-electron chi connectivity index (χ2n) is 3.53. The van der Waals surface area contributed by atoms with Gasteiger partial charge in [-0.3, -0.25) is 4.98 Å². The van der Waals surface area contributed by atoms with Crippen LogP contribution in [0.3, 0.4) is 0 Å². The van der Waals surface area contributed by atoms with Crippen molar-refractivity contribution < 1.29 is 4.74 Å². The SMILES string of the molecule is COc1csc(C(Cl)Cc2ccncc2Cl)c1. The highest BCUT2D eigenvalue weighted by molar-refractivity contribution is 7.10. The van der Waals surface area contributed by atoms with Crippen LogP contribution >= 0.6 is 34.5 Å². The van der Waals surface area contributed by atoms with E-state index in [1.165, 1.54) is 0 Å². The molecule has 2 heterocycles. The van der Waals surface area contributed by atoms with Gasteiger partial charge in [-0.15, -0.1) is 22.9 Å². The van der Waals surface area contributed by atoms with Crippen molar-refractivity contribution in [2.75, 3.05) is 7.11 Å². The molecule has 0 saturated heterocycles. The number of methoxy groups -OCH3 is 1. The predicted molar refractivity (Wildman–Crippen MR) is 72.4 cm³/mol. The van der Waals surface area contributed by atoms with Gasteiger partial charge in [0.05, 0.1) is 17.5 Å². The molecule has 0 aliphatic heterocycles. The lowest BCUT2D eigenvalue weighted by Gasteiger charge is -2.08. The van der Waals surface area contributed by atoms with Gasteiger partial charge in [0.1, 0.15) is 5.75 Å². The Balaban J connectivity index is 2.11. The molecular weight excluding hydrogens is 277 g/mol. The number of pyridine rings is 1. The molecular formula is C12H11Cl2NOS. The van der Waals surface area contributed by atoms with Gasteiger partial charge in [0.2, 0.25) is 0 Å². The summed E-state index contributed by atoms with van der Waals surface area (Å²) in [5, 5.41) is 2.50. The summed E-state index contributed by atoms with van der Waals surface area (Å²) < 4.78 is 5.13. The van der Waals surface area contributed by atoms with E-state index >= 15 is 0 Å². The summed E-state index contributed by atoms with van der Waals surface area (Å²) in [5.74, 6) is 0.844. The first-order valence-corrected chi connectivity index (χ1v) is 6.75. The van der Waals surface area contributed by atoms with Crippen LogP contribution in [0.25, 0.3) is 0 Å². The Morgan fingerprint density at radius 3 is 3.00 bits per heavy atom. The molecule has 0 N–H and O–H groups in total. The summed E-state index contributed by atoms with van der Waals surface area (Å²) in [6, 6.07) is 3.85. The maximum atomic E-state index is 6.36. The number of halogens is 2. The lowest BCUT2D eigenvalue weighted by atomic mass is 10.1. The number of alkyl halides is 1. The first kappa shape index (κ1) is 12.7. The molecule has 5 heteroatoms. The van der Waals surface area contributed by atoms with E-state index in [9.17, 15) is 0 Å². The Hall–Kier alpha value is -0.770. The van der Waals surface area contributed by atoms with Crippen LogP contribution in [0.5, 0.6) is 5.75 Å². The van der Waals surface area contributed by atoms with E-state index in [0.29, 0.717) is 11.4 Å². The summed E-state index contributed by atoms with van der Waals surface area (Å²) in [7, 11) is 1.65. The van der Waals surface area contributed by atoms with E-state index in [0.717, 1.165) is 16.2 Å². The number of hydrogen-bond acceptors (Lipinski definition) is 3. The summed E-state index contributed by atoms with van der Waals surface area (Å²) in [6.45, 7) is 0. The molecule has 0 aliphatic carbocycles. The molecule has 0 saturated carbocycles. The minimum Gasteiger partial charge on any atom is -0.496 e. The number of aromatic nitrogens is 1. The Bertz CT molecular complexity index is 501. The fourth-order valence-corrected chi connectivity index (χ4v) is 2.88. The Morgan fingerprint density at radius 1 is 1.53 bits per heavy atom. The Morgan fingerprint density at radius 2 is 2.35 bits per heavy atom. The molecule has 0 radical (unpaired) electrons. The van der Waals surface area contributed by atoms with Crippen LogP contribution in [0, 0.1) is 0 Å². The highest BCUT2D eigenvalue weighted by Gasteiger charge is 2.13. The maximum absolute atomic E-state index is 6.36. The molecule has 0 bridgehead atoms. The largest absolute Gasteiger partial charge is 0.496 e. The van der Waals surface area contributed by atoms with E-state index in [4.69, 9.17) is 27.9 Å². The van der Waals surface area contributed by atoms with Crippen molar-refractivity contribution in [1.82, 2.24) is 4.98 Å². The molecule has 2 nitrogen and oxygen atoms in total. The van der Waals surface area contributed by atoms with Crippen molar-refractivity contribution in [3.63, 3.8) is 0 Å². The van der Waals surface area contributed by atoms with Gasteiger partial charge in [0.25, 0.3) is 0 Å². The molecule has 2 aromatic heterocycles. The number of ether oxygens (including phenoxy) is 1. The maximum Gasteiger partial charge on any atom is 0.129 e. The molecule has 0 aliphatic rings. The minimum absolute atomic E-state index is 0.0937. The molecule has 90 valence electrons. The van der Waals surface area contributed by atoms with Gasteiger partial charge in [-0.05, 0) is 24.1 Å². The van der Waals surface area contributed by atoms with Crippen LogP contribution < -0.4 is 4.74 Å². The second-order valence-corrected chi connectivity index (χ2v) is 5.40. The van der Waals surface area contributed by atoms with Gasteiger partial charge < -0.3 is 4.74 Å². The number of nitrogens with zero attached hydrogens (tertiary/aromatic N) is 1. The Kier molecular flexibility index (Phi) is 4.26. The monoisotopic (exact) mass is 287 g/mol. The quantitative estimate of drug-likeness (QED) is 0.781. The predicted octanol–water partition coefficient (Wildman–Crippen LogP) is 4.33. The topological polar surface area (TPSA) is 22.1 Å². The first-order chi connectivity index (χ1) is 8.20. The highest BCUT2D eigenvalue weighted by atomic mass is 35.5. The van der Waals surface area contributed by atoms with Crippen LogP contribution in [0.4, 0.5) is 0 Å². The molecule has 0 amide bonds. The molecule has 2 rings (SSSR count). The van der Waals surface area contributed by atoms with E-state index in [1.54, 1.807) is 30.8 Å². The third kappa shape index (κ3) is 3.12. The summed E-state index contributed by atoms with van der Waals surface area (Å²) >= 11 is 14.0. The molecule has 2 aromatic rings. The summed E-state index contributed by atoms with van der Waals surface area (Å²) in [4.78, 5) is 5.03. The van der Waals surface area contributed by atoms with E-state index < -0.39 is 0 Å². The van der Waals surface area contributed by atoms with Crippen molar-refractivity contribution in [3.8, 4) is 5.75 Å². The normalized spacial score (nSPS) is 12.4. The van der Waals surface area contributed by atoms with Crippen molar-refractivity contribution in [2.24, 2.45) is 0 Å². The van der Waals surface area contributed by atoms with Gasteiger partial charge in [-0.1, -0.05) is 11.6 Å². The van der Waals surface area contributed by atoms with Crippen LogP contribution in [0.2, 0.25) is 5.02 Å². The smallest absolute Gasteiger partial charge is 0.129 e. The molecule has 1 atom stereocenters. The zero-order chi connectivity index (χ0) is 12.3. The minimum atomic E-state index is -0.0937. The zero-order valence-corrected chi connectivity index (χ0v) is 11.5. The van der Waals surface area contributed by atoms with Gasteiger partial charge >= 0.3 is 0 Å². The van der Waals surface area contributed by atoms with Gasteiger partial charge in [-0.2, -0.15) is 0 Å². The zero-order valence-electron chi connectivity index (χ0n) is 9.19. The van der Waals surface area contributed by atoms with Crippen LogP contribution in [-0.4, -0.2) is 12.1 Å². The van der Waals surface area contributed by atoms with Crippen molar-refractivity contribution in [1.29, 1.82) is 0 Å². The highest BCUT2D eigenvalue weighted by Crippen LogP contribution is 2.34. The Labute approximate surface area is 114 Å². The molecule has 0 spiro atoms. The van der Waals surface area contributed by atoms with Crippen LogP contribution in [0.15, 0.2) is 29.9 Å². The average Bonchev–Trinajstić information content (AvgIpc) is 2.81. The summed E-state index contributed by atoms with van der Waals surface area (Å²) in [5.41, 5.74) is 1.01. The summed E-state index contributed by atoms with van der Waals surface area (Å²) in [6.07, 6.45) is 4.04. The number of rotatable bonds is 4. The second kappa shape index (κ2) is 5.71. The van der Waals surface area contributed by atoms with Crippen molar-refractivity contribution in [3.05, 3.63) is 45.4 Å². The molecule has 0 aromatic carbocycles. The van der Waals surface area contributed by atoms with E-state index in [-0.39, 0.29) is 5.38 Å². The lowest BCUT2D eigenvalue weighted by Crippen LogP contribution is -1.94. The fraction of sp³-hybridized carbons (Fsp3) is 0.250. The van der Waals surface area contributed by atoms with E-state index in [1.807, 2.05) is 17.5 Å². The number of thiophene rings is 1. The van der Waals surface area contributed by atoms with Crippen LogP contribution in [0.1, 0.15) is 15.8 Å². The third-order valence-electron chi connectivity index (χ3n) is 2.40. The lowest BCUT2D eigenvalue weighted by molar-refractivity contribution is 0.416.